The lowest BCUT2D eigenvalue weighted by atomic mass is 9.77. The average molecular weight is 168 g/mol. The van der Waals surface area contributed by atoms with Crippen LogP contribution >= 0.6 is 0 Å². The third kappa shape index (κ3) is 2.80. The molecule has 0 N–H and O–H groups in total. The highest BCUT2D eigenvalue weighted by atomic mass is 14.3. The molecule has 1 rings (SSSR count). The topological polar surface area (TPSA) is 0 Å². The zero-order chi connectivity index (χ0) is 9.19. The summed E-state index contributed by atoms with van der Waals surface area (Å²) in [5.41, 5.74) is 0.617. The Bertz CT molecular complexity index is 133. The summed E-state index contributed by atoms with van der Waals surface area (Å²) >= 11 is 0. The largest absolute Gasteiger partial charge is 0.0625 e. The minimum absolute atomic E-state index is 0.617. The van der Waals surface area contributed by atoms with Gasteiger partial charge in [-0.05, 0) is 30.1 Å². The highest BCUT2D eigenvalue weighted by Crippen LogP contribution is 2.39. The van der Waals surface area contributed by atoms with Crippen LogP contribution in [0.2, 0.25) is 0 Å². The first-order valence-corrected chi connectivity index (χ1v) is 5.51. The van der Waals surface area contributed by atoms with Crippen molar-refractivity contribution in [2.75, 3.05) is 0 Å². The van der Waals surface area contributed by atoms with Crippen LogP contribution in [-0.2, 0) is 0 Å². The molecule has 0 heteroatoms. The Morgan fingerprint density at radius 3 is 2.42 bits per heavy atom. The van der Waals surface area contributed by atoms with E-state index in [9.17, 15) is 0 Å². The Balaban J connectivity index is 2.54. The molecule has 0 aromatic heterocycles. The van der Waals surface area contributed by atoms with Gasteiger partial charge in [0.1, 0.15) is 0 Å². The third-order valence-electron chi connectivity index (χ3n) is 3.44. The van der Waals surface area contributed by atoms with E-state index in [0.717, 1.165) is 11.8 Å². The van der Waals surface area contributed by atoms with E-state index in [2.05, 4.69) is 27.7 Å². The summed E-state index contributed by atoms with van der Waals surface area (Å²) in [6.07, 6.45) is 7.28. The summed E-state index contributed by atoms with van der Waals surface area (Å²) in [7, 11) is 0. The first kappa shape index (κ1) is 10.1. The Labute approximate surface area is 77.7 Å². The predicted molar refractivity (Wildman–Crippen MR) is 55.2 cm³/mol. The quantitative estimate of drug-likeness (QED) is 0.513. The molecule has 1 saturated carbocycles. The van der Waals surface area contributed by atoms with Crippen molar-refractivity contribution in [2.45, 2.75) is 59.8 Å². The molecule has 1 aliphatic rings. The Kier molecular flexibility index (Phi) is 3.20. The van der Waals surface area contributed by atoms with Crippen molar-refractivity contribution in [1.82, 2.24) is 0 Å². The minimum Gasteiger partial charge on any atom is -0.0625 e. The molecule has 1 atom stereocenters. The molecule has 1 aliphatic carbocycles. The van der Waals surface area contributed by atoms with Crippen molar-refractivity contribution in [3.63, 3.8) is 0 Å². The summed E-state index contributed by atoms with van der Waals surface area (Å²) in [6.45, 7) is 9.64. The first-order valence-electron chi connectivity index (χ1n) is 5.51. The summed E-state index contributed by atoms with van der Waals surface area (Å²) in [5, 5.41) is 0. The van der Waals surface area contributed by atoms with E-state index in [1.165, 1.54) is 32.1 Å². The van der Waals surface area contributed by atoms with Gasteiger partial charge in [-0.1, -0.05) is 47.0 Å². The van der Waals surface area contributed by atoms with Crippen LogP contribution in [0.5, 0.6) is 0 Å². The van der Waals surface area contributed by atoms with Gasteiger partial charge in [0.25, 0.3) is 0 Å². The summed E-state index contributed by atoms with van der Waals surface area (Å²) in [6, 6.07) is 0. The van der Waals surface area contributed by atoms with Crippen LogP contribution in [0.15, 0.2) is 0 Å². The Morgan fingerprint density at radius 2 is 1.83 bits per heavy atom. The van der Waals surface area contributed by atoms with Crippen LogP contribution in [0.4, 0.5) is 0 Å². The molecule has 0 heterocycles. The van der Waals surface area contributed by atoms with E-state index in [1.807, 2.05) is 0 Å². The van der Waals surface area contributed by atoms with Crippen LogP contribution in [0.3, 0.4) is 0 Å². The van der Waals surface area contributed by atoms with E-state index < -0.39 is 0 Å². The summed E-state index contributed by atoms with van der Waals surface area (Å²) in [5.74, 6) is 1.88. The molecule has 1 fully saturated rings. The average Bonchev–Trinajstić information content (AvgIpc) is 2.10. The van der Waals surface area contributed by atoms with Crippen molar-refractivity contribution < 1.29 is 0 Å². The van der Waals surface area contributed by atoms with Gasteiger partial charge < -0.3 is 0 Å². The maximum atomic E-state index is 2.44. The molecular weight excluding hydrogens is 144 g/mol. The summed E-state index contributed by atoms with van der Waals surface area (Å²) in [4.78, 5) is 0. The molecule has 0 spiro atoms. The lowest BCUT2D eigenvalue weighted by Crippen LogP contribution is -2.17. The van der Waals surface area contributed by atoms with Crippen LogP contribution in [0, 0.1) is 17.3 Å². The fraction of sp³-hybridized carbons (Fsp3) is 1.00. The van der Waals surface area contributed by atoms with E-state index in [-0.39, 0.29) is 0 Å². The van der Waals surface area contributed by atoms with Crippen LogP contribution in [-0.4, -0.2) is 0 Å². The minimum atomic E-state index is 0.617. The Morgan fingerprint density at radius 1 is 1.17 bits per heavy atom. The molecule has 0 bridgehead atoms. The van der Waals surface area contributed by atoms with Crippen LogP contribution in [0.1, 0.15) is 59.8 Å². The lowest BCUT2D eigenvalue weighted by molar-refractivity contribution is 0.228. The smallest absolute Gasteiger partial charge is 0.0351 e. The lowest BCUT2D eigenvalue weighted by Gasteiger charge is -2.28. The van der Waals surface area contributed by atoms with Crippen molar-refractivity contribution in [2.24, 2.45) is 17.3 Å². The van der Waals surface area contributed by atoms with Gasteiger partial charge >= 0.3 is 0 Å². The van der Waals surface area contributed by atoms with Gasteiger partial charge in [0.15, 0.2) is 0 Å². The number of hydrogen-bond donors (Lipinski definition) is 0. The number of hydrogen-bond acceptors (Lipinski definition) is 0. The van der Waals surface area contributed by atoms with Gasteiger partial charge in [-0.25, -0.2) is 0 Å². The normalized spacial score (nSPS) is 30.2. The fourth-order valence-corrected chi connectivity index (χ4v) is 2.49. The molecule has 0 aliphatic heterocycles. The highest BCUT2D eigenvalue weighted by molar-refractivity contribution is 4.78. The molecule has 0 nitrogen and oxygen atoms in total. The van der Waals surface area contributed by atoms with Crippen molar-refractivity contribution in [3.8, 4) is 0 Å². The van der Waals surface area contributed by atoms with E-state index >= 15 is 0 Å². The van der Waals surface area contributed by atoms with Crippen molar-refractivity contribution in [1.29, 1.82) is 0 Å². The number of rotatable bonds is 1. The molecule has 0 aromatic carbocycles. The molecular formula is C12H24. The van der Waals surface area contributed by atoms with Gasteiger partial charge in [-0.2, -0.15) is 0 Å². The molecule has 0 aromatic rings. The molecule has 12 heavy (non-hydrogen) atoms. The first-order chi connectivity index (χ1) is 5.51. The molecule has 0 amide bonds. The second kappa shape index (κ2) is 3.81. The second-order valence-corrected chi connectivity index (χ2v) is 5.62. The van der Waals surface area contributed by atoms with Gasteiger partial charge in [-0.3, -0.25) is 0 Å². The predicted octanol–water partition coefficient (Wildman–Crippen LogP) is 4.25. The zero-order valence-electron chi connectivity index (χ0n) is 9.19. The standard InChI is InChI=1S/C12H24/c1-10(2)11-7-5-6-8-12(3,4)9-11/h10-11H,5-9H2,1-4H3. The van der Waals surface area contributed by atoms with E-state index in [1.54, 1.807) is 0 Å². The molecule has 1 unspecified atom stereocenters. The summed E-state index contributed by atoms with van der Waals surface area (Å²) < 4.78 is 0. The highest BCUT2D eigenvalue weighted by Gasteiger charge is 2.27. The second-order valence-electron chi connectivity index (χ2n) is 5.62. The van der Waals surface area contributed by atoms with Gasteiger partial charge in [0.2, 0.25) is 0 Å². The van der Waals surface area contributed by atoms with E-state index in [4.69, 9.17) is 0 Å². The maximum absolute atomic E-state index is 2.44. The monoisotopic (exact) mass is 168 g/mol. The maximum Gasteiger partial charge on any atom is -0.0351 e. The van der Waals surface area contributed by atoms with Crippen molar-refractivity contribution in [3.05, 3.63) is 0 Å². The van der Waals surface area contributed by atoms with Crippen LogP contribution in [0.25, 0.3) is 0 Å². The van der Waals surface area contributed by atoms with Crippen LogP contribution < -0.4 is 0 Å². The van der Waals surface area contributed by atoms with E-state index in [0.29, 0.717) is 5.41 Å². The van der Waals surface area contributed by atoms with Gasteiger partial charge in [-0.15, -0.1) is 0 Å². The molecule has 0 saturated heterocycles. The zero-order valence-corrected chi connectivity index (χ0v) is 9.19. The van der Waals surface area contributed by atoms with Gasteiger partial charge in [0.05, 0.1) is 0 Å². The fourth-order valence-electron chi connectivity index (χ4n) is 2.49. The SMILES string of the molecule is CC(C)C1CCCCC(C)(C)C1. The van der Waals surface area contributed by atoms with Crippen molar-refractivity contribution >= 4 is 0 Å². The third-order valence-corrected chi connectivity index (χ3v) is 3.44. The Hall–Kier alpha value is 0. The van der Waals surface area contributed by atoms with Gasteiger partial charge in [0, 0.05) is 0 Å². The molecule has 0 radical (unpaired) electrons. The molecule has 72 valence electrons.